The lowest BCUT2D eigenvalue weighted by Gasteiger charge is -2.27. The summed E-state index contributed by atoms with van der Waals surface area (Å²) in [6.45, 7) is 2.23. The molecule has 1 N–H and O–H groups in total. The second kappa shape index (κ2) is 5.18. The Balaban J connectivity index is 2.09. The summed E-state index contributed by atoms with van der Waals surface area (Å²) in [4.78, 5) is 0. The molecule has 2 unspecified atom stereocenters. The minimum Gasteiger partial charge on any atom is -0.390 e. The molecule has 17 heavy (non-hydrogen) atoms. The molecule has 1 aliphatic rings. The van der Waals surface area contributed by atoms with Gasteiger partial charge < -0.3 is 5.11 Å². The Kier molecular flexibility index (Phi) is 3.82. The third kappa shape index (κ3) is 3.29. The molecule has 0 saturated heterocycles. The SMILES string of the molecule is CC1CCCC(O)(Cc2ccccc2F)CC1. The van der Waals surface area contributed by atoms with Crippen LogP contribution in [0.5, 0.6) is 0 Å². The van der Waals surface area contributed by atoms with Gasteiger partial charge in [-0.15, -0.1) is 0 Å². The molecule has 0 heterocycles. The summed E-state index contributed by atoms with van der Waals surface area (Å²) in [5, 5.41) is 10.6. The highest BCUT2D eigenvalue weighted by molar-refractivity contribution is 5.19. The highest BCUT2D eigenvalue weighted by Crippen LogP contribution is 2.33. The van der Waals surface area contributed by atoms with E-state index in [-0.39, 0.29) is 5.82 Å². The Labute approximate surface area is 103 Å². The van der Waals surface area contributed by atoms with Crippen molar-refractivity contribution in [2.75, 3.05) is 0 Å². The Morgan fingerprint density at radius 1 is 1.29 bits per heavy atom. The topological polar surface area (TPSA) is 20.2 Å². The molecule has 94 valence electrons. The fourth-order valence-corrected chi connectivity index (χ4v) is 2.74. The Morgan fingerprint density at radius 3 is 2.82 bits per heavy atom. The van der Waals surface area contributed by atoms with Gasteiger partial charge in [0, 0.05) is 6.42 Å². The van der Waals surface area contributed by atoms with Gasteiger partial charge in [0.05, 0.1) is 5.60 Å². The van der Waals surface area contributed by atoms with Gasteiger partial charge in [-0.1, -0.05) is 38.0 Å². The van der Waals surface area contributed by atoms with Crippen LogP contribution in [0.25, 0.3) is 0 Å². The first kappa shape index (κ1) is 12.6. The minimum absolute atomic E-state index is 0.196. The average molecular weight is 236 g/mol. The largest absolute Gasteiger partial charge is 0.390 e. The van der Waals surface area contributed by atoms with E-state index in [4.69, 9.17) is 0 Å². The van der Waals surface area contributed by atoms with Gasteiger partial charge in [0.15, 0.2) is 0 Å². The van der Waals surface area contributed by atoms with Gasteiger partial charge in [-0.25, -0.2) is 4.39 Å². The number of rotatable bonds is 2. The van der Waals surface area contributed by atoms with Crippen LogP contribution in [0.15, 0.2) is 24.3 Å². The van der Waals surface area contributed by atoms with Gasteiger partial charge >= 0.3 is 0 Å². The van der Waals surface area contributed by atoms with E-state index in [1.54, 1.807) is 12.1 Å². The Morgan fingerprint density at radius 2 is 2.06 bits per heavy atom. The molecule has 1 aromatic rings. The third-order valence-corrected chi connectivity index (χ3v) is 3.92. The zero-order chi connectivity index (χ0) is 12.3. The molecule has 1 aliphatic carbocycles. The molecule has 0 aliphatic heterocycles. The maximum Gasteiger partial charge on any atom is 0.126 e. The predicted molar refractivity (Wildman–Crippen MR) is 67.3 cm³/mol. The van der Waals surface area contributed by atoms with Crippen LogP contribution in [0.4, 0.5) is 4.39 Å². The quantitative estimate of drug-likeness (QED) is 0.776. The summed E-state index contributed by atoms with van der Waals surface area (Å²) in [6, 6.07) is 6.78. The molecule has 0 radical (unpaired) electrons. The number of hydrogen-bond acceptors (Lipinski definition) is 1. The average Bonchev–Trinajstić information content (AvgIpc) is 2.45. The minimum atomic E-state index is -0.701. The van der Waals surface area contributed by atoms with Crippen LogP contribution in [-0.4, -0.2) is 10.7 Å². The molecule has 1 aromatic carbocycles. The van der Waals surface area contributed by atoms with Crippen molar-refractivity contribution in [2.45, 2.75) is 51.0 Å². The maximum absolute atomic E-state index is 13.6. The van der Waals surface area contributed by atoms with Crippen molar-refractivity contribution in [2.24, 2.45) is 5.92 Å². The Hall–Kier alpha value is -0.890. The van der Waals surface area contributed by atoms with Crippen molar-refractivity contribution < 1.29 is 9.50 Å². The van der Waals surface area contributed by atoms with Crippen molar-refractivity contribution in [3.05, 3.63) is 35.6 Å². The summed E-state index contributed by atoms with van der Waals surface area (Å²) in [5.74, 6) is 0.489. The summed E-state index contributed by atoms with van der Waals surface area (Å²) >= 11 is 0. The maximum atomic E-state index is 13.6. The van der Waals surface area contributed by atoms with E-state index in [0.29, 0.717) is 17.9 Å². The van der Waals surface area contributed by atoms with Crippen molar-refractivity contribution in [3.8, 4) is 0 Å². The molecule has 2 heteroatoms. The monoisotopic (exact) mass is 236 g/mol. The molecule has 1 nitrogen and oxygen atoms in total. The smallest absolute Gasteiger partial charge is 0.126 e. The standard InChI is InChI=1S/C15H21FO/c1-12-5-4-9-15(17,10-8-12)11-13-6-2-3-7-14(13)16/h2-3,6-7,12,17H,4-5,8-11H2,1H3. The Bertz CT molecular complexity index is 377. The first-order chi connectivity index (χ1) is 8.09. The molecule has 1 saturated carbocycles. The summed E-state index contributed by atoms with van der Waals surface area (Å²) < 4.78 is 13.6. The van der Waals surface area contributed by atoms with Crippen LogP contribution in [0.2, 0.25) is 0 Å². The lowest BCUT2D eigenvalue weighted by atomic mass is 9.87. The van der Waals surface area contributed by atoms with Crippen LogP contribution < -0.4 is 0 Å². The normalized spacial score (nSPS) is 29.9. The van der Waals surface area contributed by atoms with E-state index in [0.717, 1.165) is 25.7 Å². The van der Waals surface area contributed by atoms with E-state index in [1.807, 2.05) is 6.07 Å². The van der Waals surface area contributed by atoms with E-state index in [2.05, 4.69) is 6.92 Å². The van der Waals surface area contributed by atoms with E-state index < -0.39 is 5.60 Å². The lowest BCUT2D eigenvalue weighted by Crippen LogP contribution is -2.31. The molecular weight excluding hydrogens is 215 g/mol. The number of aliphatic hydroxyl groups is 1. The fourth-order valence-electron chi connectivity index (χ4n) is 2.74. The summed E-state index contributed by atoms with van der Waals surface area (Å²) in [5.41, 5.74) is -0.0583. The van der Waals surface area contributed by atoms with Crippen molar-refractivity contribution >= 4 is 0 Å². The van der Waals surface area contributed by atoms with Gasteiger partial charge in [-0.2, -0.15) is 0 Å². The van der Waals surface area contributed by atoms with Crippen molar-refractivity contribution in [1.82, 2.24) is 0 Å². The molecular formula is C15H21FO. The van der Waals surface area contributed by atoms with Crippen LogP contribution in [0, 0.1) is 11.7 Å². The highest BCUT2D eigenvalue weighted by atomic mass is 19.1. The fraction of sp³-hybridized carbons (Fsp3) is 0.600. The summed E-state index contributed by atoms with van der Waals surface area (Å²) in [7, 11) is 0. The third-order valence-electron chi connectivity index (χ3n) is 3.92. The zero-order valence-corrected chi connectivity index (χ0v) is 10.5. The number of halogens is 1. The second-order valence-electron chi connectivity index (χ2n) is 5.53. The van der Waals surface area contributed by atoms with Gasteiger partial charge in [-0.3, -0.25) is 0 Å². The van der Waals surface area contributed by atoms with Crippen LogP contribution >= 0.6 is 0 Å². The molecule has 0 spiro atoms. The molecule has 0 amide bonds. The van der Waals surface area contributed by atoms with Crippen molar-refractivity contribution in [3.63, 3.8) is 0 Å². The molecule has 0 bridgehead atoms. The predicted octanol–water partition coefficient (Wildman–Crippen LogP) is 3.70. The molecule has 2 atom stereocenters. The first-order valence-electron chi connectivity index (χ1n) is 6.55. The van der Waals surface area contributed by atoms with Crippen LogP contribution in [0.3, 0.4) is 0 Å². The van der Waals surface area contributed by atoms with E-state index in [1.165, 1.54) is 12.5 Å². The second-order valence-corrected chi connectivity index (χ2v) is 5.53. The number of hydrogen-bond donors (Lipinski definition) is 1. The van der Waals surface area contributed by atoms with E-state index in [9.17, 15) is 9.50 Å². The van der Waals surface area contributed by atoms with Gasteiger partial charge in [0.1, 0.15) is 5.82 Å². The van der Waals surface area contributed by atoms with Crippen LogP contribution in [0.1, 0.15) is 44.6 Å². The van der Waals surface area contributed by atoms with Crippen LogP contribution in [-0.2, 0) is 6.42 Å². The molecule has 2 rings (SSSR count). The molecule has 0 aromatic heterocycles. The summed E-state index contributed by atoms with van der Waals surface area (Å²) in [6.07, 6.45) is 5.32. The zero-order valence-electron chi connectivity index (χ0n) is 10.5. The van der Waals surface area contributed by atoms with E-state index >= 15 is 0 Å². The highest BCUT2D eigenvalue weighted by Gasteiger charge is 2.30. The lowest BCUT2D eigenvalue weighted by molar-refractivity contribution is 0.0236. The number of benzene rings is 1. The molecule has 1 fully saturated rings. The van der Waals surface area contributed by atoms with Gasteiger partial charge in [-0.05, 0) is 36.8 Å². The first-order valence-corrected chi connectivity index (χ1v) is 6.55. The van der Waals surface area contributed by atoms with Gasteiger partial charge in [0.2, 0.25) is 0 Å². The van der Waals surface area contributed by atoms with Gasteiger partial charge in [0.25, 0.3) is 0 Å². The van der Waals surface area contributed by atoms with Crippen molar-refractivity contribution in [1.29, 1.82) is 0 Å².